The Kier molecular flexibility index (Phi) is 10.7. The predicted octanol–water partition coefficient (Wildman–Crippen LogP) is 18.5. The number of benzene rings is 11. The van der Waals surface area contributed by atoms with Crippen LogP contribution in [0.2, 0.25) is 0 Å². The van der Waals surface area contributed by atoms with E-state index in [-0.39, 0.29) is 5.41 Å². The molecule has 0 saturated carbocycles. The maximum Gasteiger partial charge on any atom is 0.0540 e. The summed E-state index contributed by atoms with van der Waals surface area (Å²) in [4.78, 5) is 2.48. The minimum absolute atomic E-state index is 0.355. The van der Waals surface area contributed by atoms with Crippen LogP contribution in [-0.4, -0.2) is 0 Å². The average Bonchev–Trinajstić information content (AvgIpc) is 3.69. The zero-order chi connectivity index (χ0) is 46.2. The van der Waals surface area contributed by atoms with E-state index in [9.17, 15) is 0 Å². The highest BCUT2D eigenvalue weighted by atomic mass is 15.1. The smallest absolute Gasteiger partial charge is 0.0540 e. The summed E-state index contributed by atoms with van der Waals surface area (Å²) in [6, 6.07) is 102. The van der Waals surface area contributed by atoms with Crippen molar-refractivity contribution in [3.8, 4) is 77.9 Å². The lowest BCUT2D eigenvalue weighted by Gasteiger charge is -2.32. The molecule has 0 heterocycles. The minimum atomic E-state index is -0.355. The Morgan fingerprint density at radius 1 is 0.246 bits per heavy atom. The van der Waals surface area contributed by atoms with Gasteiger partial charge in [-0.15, -0.1) is 0 Å². The molecule has 0 saturated heterocycles. The van der Waals surface area contributed by atoms with Gasteiger partial charge in [0.25, 0.3) is 0 Å². The molecule has 0 amide bonds. The van der Waals surface area contributed by atoms with Gasteiger partial charge in [0.15, 0.2) is 0 Å². The molecule has 69 heavy (non-hydrogen) atoms. The molecule has 1 aliphatic rings. The molecule has 11 aromatic rings. The second-order valence-electron chi connectivity index (χ2n) is 18.2. The van der Waals surface area contributed by atoms with Crippen molar-refractivity contribution in [2.75, 3.05) is 4.90 Å². The number of hydrogen-bond acceptors (Lipinski definition) is 1. The SMILES string of the molecule is CC1(c2ccccc2)c2ccccc2-c2ccc(N(c3ccc(-c4cc(-c5ccccc5)cc(-c5ccccc5)c4)cc3)c3ccccc3-c3ccccc3-c3ccccc3-c3ccccc3)cc21. The Morgan fingerprint density at radius 3 is 1.22 bits per heavy atom. The number of nitrogens with zero attached hydrogens (tertiary/aromatic N) is 1. The lowest BCUT2D eigenvalue weighted by atomic mass is 9.74. The zero-order valence-corrected chi connectivity index (χ0v) is 38.5. The van der Waals surface area contributed by atoms with Gasteiger partial charge in [0.05, 0.1) is 5.69 Å². The molecule has 12 rings (SSSR count). The van der Waals surface area contributed by atoms with E-state index in [1.807, 2.05) is 0 Å². The molecule has 0 bridgehead atoms. The van der Waals surface area contributed by atoms with Gasteiger partial charge in [-0.25, -0.2) is 0 Å². The number of hydrogen-bond donors (Lipinski definition) is 0. The number of fused-ring (bicyclic) bond motifs is 3. The van der Waals surface area contributed by atoms with Crippen molar-refractivity contribution < 1.29 is 0 Å². The number of para-hydroxylation sites is 1. The molecule has 0 aliphatic heterocycles. The van der Waals surface area contributed by atoms with Crippen LogP contribution in [-0.2, 0) is 5.41 Å². The second-order valence-corrected chi connectivity index (χ2v) is 18.2. The van der Waals surface area contributed by atoms with Gasteiger partial charge in [-0.2, -0.15) is 0 Å². The van der Waals surface area contributed by atoms with Gasteiger partial charge in [0, 0.05) is 22.4 Å². The van der Waals surface area contributed by atoms with Gasteiger partial charge in [-0.05, 0) is 144 Å². The number of rotatable bonds is 10. The molecule has 1 unspecified atom stereocenters. The predicted molar refractivity (Wildman–Crippen MR) is 291 cm³/mol. The minimum Gasteiger partial charge on any atom is -0.310 e. The molecule has 0 aromatic heterocycles. The first-order chi connectivity index (χ1) is 34.1. The first kappa shape index (κ1) is 41.6. The van der Waals surface area contributed by atoms with Gasteiger partial charge >= 0.3 is 0 Å². The maximum atomic E-state index is 2.48. The summed E-state index contributed by atoms with van der Waals surface area (Å²) in [6.45, 7) is 2.40. The van der Waals surface area contributed by atoms with E-state index in [4.69, 9.17) is 0 Å². The molecular formula is C68H49N. The van der Waals surface area contributed by atoms with Crippen LogP contribution < -0.4 is 4.90 Å². The normalized spacial score (nSPS) is 13.6. The Morgan fingerprint density at radius 2 is 0.638 bits per heavy atom. The van der Waals surface area contributed by atoms with Gasteiger partial charge in [-0.3, -0.25) is 0 Å². The van der Waals surface area contributed by atoms with E-state index in [1.54, 1.807) is 0 Å². The van der Waals surface area contributed by atoms with Crippen LogP contribution in [0.1, 0.15) is 23.6 Å². The van der Waals surface area contributed by atoms with Gasteiger partial charge < -0.3 is 4.90 Å². The summed E-state index contributed by atoms with van der Waals surface area (Å²) < 4.78 is 0. The van der Waals surface area contributed by atoms with Gasteiger partial charge in [0.1, 0.15) is 0 Å². The van der Waals surface area contributed by atoms with E-state index in [2.05, 4.69) is 291 Å². The molecular weight excluding hydrogens is 831 g/mol. The van der Waals surface area contributed by atoms with Crippen molar-refractivity contribution >= 4 is 17.1 Å². The van der Waals surface area contributed by atoms with E-state index in [0.29, 0.717) is 0 Å². The van der Waals surface area contributed by atoms with E-state index in [0.717, 1.165) is 28.2 Å². The fraction of sp³-hybridized carbons (Fsp3) is 0.0294. The summed E-state index contributed by atoms with van der Waals surface area (Å²) in [5.41, 5.74) is 23.6. The summed E-state index contributed by atoms with van der Waals surface area (Å²) in [7, 11) is 0. The molecule has 0 spiro atoms. The first-order valence-corrected chi connectivity index (χ1v) is 23.9. The maximum absolute atomic E-state index is 2.48. The monoisotopic (exact) mass is 879 g/mol. The van der Waals surface area contributed by atoms with Crippen LogP contribution in [0.3, 0.4) is 0 Å². The van der Waals surface area contributed by atoms with Crippen LogP contribution in [0.15, 0.2) is 279 Å². The summed E-state index contributed by atoms with van der Waals surface area (Å²) in [5.74, 6) is 0. The van der Waals surface area contributed by atoms with Crippen LogP contribution in [0.4, 0.5) is 17.1 Å². The quantitative estimate of drug-likeness (QED) is 0.132. The van der Waals surface area contributed by atoms with Gasteiger partial charge in [-0.1, -0.05) is 231 Å². The Hall–Kier alpha value is -8.78. The molecule has 1 nitrogen and oxygen atoms in total. The van der Waals surface area contributed by atoms with Crippen molar-refractivity contribution in [2.45, 2.75) is 12.3 Å². The Labute approximate surface area is 405 Å². The van der Waals surface area contributed by atoms with Gasteiger partial charge in [0.2, 0.25) is 0 Å². The van der Waals surface area contributed by atoms with Crippen LogP contribution in [0.25, 0.3) is 77.9 Å². The van der Waals surface area contributed by atoms with Crippen molar-refractivity contribution in [3.63, 3.8) is 0 Å². The van der Waals surface area contributed by atoms with E-state index in [1.165, 1.54) is 83.5 Å². The highest BCUT2D eigenvalue weighted by Gasteiger charge is 2.41. The zero-order valence-electron chi connectivity index (χ0n) is 38.5. The van der Waals surface area contributed by atoms with Crippen LogP contribution in [0, 0.1) is 0 Å². The third-order valence-electron chi connectivity index (χ3n) is 14.2. The first-order valence-electron chi connectivity index (χ1n) is 23.9. The summed E-state index contributed by atoms with van der Waals surface area (Å²) in [5, 5.41) is 0. The molecule has 326 valence electrons. The number of anilines is 3. The summed E-state index contributed by atoms with van der Waals surface area (Å²) in [6.07, 6.45) is 0. The third-order valence-corrected chi connectivity index (χ3v) is 14.2. The molecule has 11 aromatic carbocycles. The molecule has 0 N–H and O–H groups in total. The molecule has 1 atom stereocenters. The Balaban J connectivity index is 1.05. The third kappa shape index (κ3) is 7.55. The standard InChI is InChI=1S/C68H49N/c1-68(55-28-12-5-13-29-55)65-36-20-18-34-62(65)63-43-42-57(47-66(63)68)69(56-40-38-50(39-41-56)54-45-52(48-22-6-2-7-23-48)44-53(46-54)49-24-8-3-9-25-49)67-37-21-19-35-64(67)61-33-17-16-32-60(61)59-31-15-14-30-58(59)51-26-10-4-11-27-51/h2-47H,1H3. The molecule has 1 heteroatoms. The van der Waals surface area contributed by atoms with E-state index < -0.39 is 0 Å². The average molecular weight is 880 g/mol. The second kappa shape index (κ2) is 17.8. The van der Waals surface area contributed by atoms with Crippen molar-refractivity contribution in [1.29, 1.82) is 0 Å². The van der Waals surface area contributed by atoms with Crippen molar-refractivity contribution in [1.82, 2.24) is 0 Å². The fourth-order valence-corrected chi connectivity index (χ4v) is 10.8. The van der Waals surface area contributed by atoms with Crippen LogP contribution in [0.5, 0.6) is 0 Å². The highest BCUT2D eigenvalue weighted by Crippen LogP contribution is 2.54. The topological polar surface area (TPSA) is 3.24 Å². The van der Waals surface area contributed by atoms with Crippen LogP contribution >= 0.6 is 0 Å². The molecule has 0 radical (unpaired) electrons. The summed E-state index contributed by atoms with van der Waals surface area (Å²) >= 11 is 0. The molecule has 0 fully saturated rings. The van der Waals surface area contributed by atoms with Crippen molar-refractivity contribution in [3.05, 3.63) is 296 Å². The highest BCUT2D eigenvalue weighted by molar-refractivity contribution is 5.98. The largest absolute Gasteiger partial charge is 0.310 e. The fourth-order valence-electron chi connectivity index (χ4n) is 10.8. The van der Waals surface area contributed by atoms with E-state index >= 15 is 0 Å². The lowest BCUT2D eigenvalue weighted by Crippen LogP contribution is -2.22. The lowest BCUT2D eigenvalue weighted by molar-refractivity contribution is 0.714. The van der Waals surface area contributed by atoms with Crippen molar-refractivity contribution in [2.24, 2.45) is 0 Å². The Bertz CT molecular complexity index is 3540. The molecule has 1 aliphatic carbocycles.